The van der Waals surface area contributed by atoms with E-state index in [9.17, 15) is 0 Å². The van der Waals surface area contributed by atoms with Crippen molar-refractivity contribution >= 4 is 34.6 Å². The van der Waals surface area contributed by atoms with Crippen LogP contribution in [-0.2, 0) is 13.0 Å². The van der Waals surface area contributed by atoms with Gasteiger partial charge in [0.05, 0.1) is 17.6 Å². The van der Waals surface area contributed by atoms with E-state index in [1.54, 1.807) is 0 Å². The number of hydrogen-bond donors (Lipinski definition) is 1. The standard InChI is InChI=1S/C15H16N2S2/c1-3-11-6-7-19-14(11)9-17-13-8-10(2)4-5-12(13)16-15(17)18/h4-8H,3,9H2,1-2H3,(H,16,18). The van der Waals surface area contributed by atoms with Crippen LogP contribution in [0.15, 0.2) is 29.6 Å². The second-order valence-electron chi connectivity index (χ2n) is 4.76. The fourth-order valence-electron chi connectivity index (χ4n) is 2.38. The fraction of sp³-hybridized carbons (Fsp3) is 0.267. The highest BCUT2D eigenvalue weighted by atomic mass is 32.1. The number of fused-ring (bicyclic) bond motifs is 1. The van der Waals surface area contributed by atoms with Gasteiger partial charge in [-0.05, 0) is 60.3 Å². The van der Waals surface area contributed by atoms with Gasteiger partial charge in [0.15, 0.2) is 4.77 Å². The summed E-state index contributed by atoms with van der Waals surface area (Å²) in [5.41, 5.74) is 5.00. The fourth-order valence-corrected chi connectivity index (χ4v) is 3.62. The van der Waals surface area contributed by atoms with Gasteiger partial charge in [0.25, 0.3) is 0 Å². The summed E-state index contributed by atoms with van der Waals surface area (Å²) in [6.07, 6.45) is 1.08. The van der Waals surface area contributed by atoms with Crippen molar-refractivity contribution < 1.29 is 0 Å². The second kappa shape index (κ2) is 4.94. The number of aromatic nitrogens is 2. The minimum Gasteiger partial charge on any atom is -0.331 e. The molecule has 2 heterocycles. The maximum Gasteiger partial charge on any atom is 0.178 e. The molecule has 0 aliphatic carbocycles. The maximum atomic E-state index is 5.46. The number of rotatable bonds is 3. The molecule has 0 saturated heterocycles. The molecular formula is C15H16N2S2. The molecule has 4 heteroatoms. The molecule has 0 saturated carbocycles. The van der Waals surface area contributed by atoms with E-state index in [1.165, 1.54) is 21.5 Å². The predicted molar refractivity (Wildman–Crippen MR) is 84.7 cm³/mol. The number of H-pyrrole nitrogens is 1. The lowest BCUT2D eigenvalue weighted by Gasteiger charge is -2.05. The summed E-state index contributed by atoms with van der Waals surface area (Å²) in [4.78, 5) is 4.69. The first kappa shape index (κ1) is 12.6. The Morgan fingerprint density at radius 3 is 2.95 bits per heavy atom. The topological polar surface area (TPSA) is 20.7 Å². The first-order valence-corrected chi connectivity index (χ1v) is 7.72. The third kappa shape index (κ3) is 2.26. The Morgan fingerprint density at radius 1 is 1.32 bits per heavy atom. The first-order chi connectivity index (χ1) is 9.19. The van der Waals surface area contributed by atoms with Crippen LogP contribution < -0.4 is 0 Å². The molecule has 98 valence electrons. The second-order valence-corrected chi connectivity index (χ2v) is 6.15. The molecule has 0 aliphatic rings. The summed E-state index contributed by atoms with van der Waals surface area (Å²) in [6, 6.07) is 8.62. The highest BCUT2D eigenvalue weighted by molar-refractivity contribution is 7.71. The lowest BCUT2D eigenvalue weighted by atomic mass is 10.2. The van der Waals surface area contributed by atoms with E-state index in [2.05, 4.69) is 53.0 Å². The molecule has 2 nitrogen and oxygen atoms in total. The quantitative estimate of drug-likeness (QED) is 0.694. The average molecular weight is 288 g/mol. The highest BCUT2D eigenvalue weighted by Gasteiger charge is 2.08. The summed E-state index contributed by atoms with van der Waals surface area (Å²) in [6.45, 7) is 5.18. The van der Waals surface area contributed by atoms with Crippen molar-refractivity contribution in [2.75, 3.05) is 0 Å². The molecule has 0 spiro atoms. The predicted octanol–water partition coefficient (Wildman–Crippen LogP) is 4.68. The van der Waals surface area contributed by atoms with E-state index < -0.39 is 0 Å². The van der Waals surface area contributed by atoms with Crippen LogP contribution in [0.1, 0.15) is 22.9 Å². The van der Waals surface area contributed by atoms with Crippen LogP contribution in [0.3, 0.4) is 0 Å². The number of aryl methyl sites for hydroxylation is 2. The number of nitrogens with one attached hydrogen (secondary N) is 1. The largest absolute Gasteiger partial charge is 0.331 e. The van der Waals surface area contributed by atoms with E-state index >= 15 is 0 Å². The van der Waals surface area contributed by atoms with Crippen molar-refractivity contribution in [1.82, 2.24) is 9.55 Å². The van der Waals surface area contributed by atoms with Gasteiger partial charge in [-0.1, -0.05) is 13.0 Å². The number of nitrogens with zero attached hydrogens (tertiary/aromatic N) is 1. The van der Waals surface area contributed by atoms with E-state index in [-0.39, 0.29) is 0 Å². The van der Waals surface area contributed by atoms with Gasteiger partial charge in [0.1, 0.15) is 0 Å². The van der Waals surface area contributed by atoms with Crippen molar-refractivity contribution in [3.8, 4) is 0 Å². The number of imidazole rings is 1. The van der Waals surface area contributed by atoms with E-state index in [0.29, 0.717) is 0 Å². The summed E-state index contributed by atoms with van der Waals surface area (Å²) in [5, 5.41) is 2.16. The molecule has 1 N–H and O–H groups in total. The maximum absolute atomic E-state index is 5.46. The molecule has 1 aromatic carbocycles. The highest BCUT2D eigenvalue weighted by Crippen LogP contribution is 2.22. The lowest BCUT2D eigenvalue weighted by molar-refractivity contribution is 0.814. The van der Waals surface area contributed by atoms with Crippen LogP contribution in [0.2, 0.25) is 0 Å². The molecule has 0 radical (unpaired) electrons. The Morgan fingerprint density at radius 2 is 2.16 bits per heavy atom. The van der Waals surface area contributed by atoms with Gasteiger partial charge in [0.2, 0.25) is 0 Å². The summed E-state index contributed by atoms with van der Waals surface area (Å²) >= 11 is 7.27. The molecule has 3 rings (SSSR count). The molecule has 3 aromatic rings. The van der Waals surface area contributed by atoms with Crippen LogP contribution in [0.4, 0.5) is 0 Å². The molecule has 0 bridgehead atoms. The third-order valence-electron chi connectivity index (χ3n) is 3.45. The molecule has 19 heavy (non-hydrogen) atoms. The molecule has 2 aromatic heterocycles. The van der Waals surface area contributed by atoms with E-state index in [0.717, 1.165) is 23.3 Å². The summed E-state index contributed by atoms with van der Waals surface area (Å²) < 4.78 is 3.00. The van der Waals surface area contributed by atoms with Gasteiger partial charge >= 0.3 is 0 Å². The van der Waals surface area contributed by atoms with Crippen molar-refractivity contribution in [1.29, 1.82) is 0 Å². The zero-order valence-corrected chi connectivity index (χ0v) is 12.7. The van der Waals surface area contributed by atoms with E-state index in [4.69, 9.17) is 12.2 Å². The molecule has 0 fully saturated rings. The molecule has 0 atom stereocenters. The Bertz CT molecular complexity index is 777. The zero-order valence-electron chi connectivity index (χ0n) is 11.1. The third-order valence-corrected chi connectivity index (χ3v) is 4.72. The van der Waals surface area contributed by atoms with Crippen LogP contribution in [0.5, 0.6) is 0 Å². The summed E-state index contributed by atoms with van der Waals surface area (Å²) in [5.74, 6) is 0. The Hall–Kier alpha value is -1.39. The molecule has 0 amide bonds. The van der Waals surface area contributed by atoms with Gasteiger partial charge in [0, 0.05) is 4.88 Å². The Kier molecular flexibility index (Phi) is 3.29. The van der Waals surface area contributed by atoms with Gasteiger partial charge in [-0.3, -0.25) is 0 Å². The lowest BCUT2D eigenvalue weighted by Crippen LogP contribution is -2.00. The van der Waals surface area contributed by atoms with Gasteiger partial charge in [-0.15, -0.1) is 11.3 Å². The van der Waals surface area contributed by atoms with Crippen molar-refractivity contribution in [3.05, 3.63) is 50.4 Å². The summed E-state index contributed by atoms with van der Waals surface area (Å²) in [7, 11) is 0. The van der Waals surface area contributed by atoms with Crippen LogP contribution in [0.25, 0.3) is 11.0 Å². The smallest absolute Gasteiger partial charge is 0.178 e. The van der Waals surface area contributed by atoms with Gasteiger partial charge in [-0.25, -0.2) is 0 Å². The average Bonchev–Trinajstić information content (AvgIpc) is 2.96. The Labute approximate surface area is 121 Å². The SMILES string of the molecule is CCc1ccsc1Cn1c(=S)[nH]c2ccc(C)cc21. The number of aromatic amines is 1. The number of hydrogen-bond acceptors (Lipinski definition) is 2. The molecule has 0 aliphatic heterocycles. The normalized spacial score (nSPS) is 11.3. The van der Waals surface area contributed by atoms with Crippen molar-refractivity contribution in [2.45, 2.75) is 26.8 Å². The minimum absolute atomic E-state index is 0.802. The molecule has 0 unspecified atom stereocenters. The Balaban J connectivity index is 2.12. The monoisotopic (exact) mass is 288 g/mol. The van der Waals surface area contributed by atoms with Crippen LogP contribution in [-0.4, -0.2) is 9.55 Å². The number of benzene rings is 1. The van der Waals surface area contributed by atoms with Crippen molar-refractivity contribution in [3.63, 3.8) is 0 Å². The number of thiophene rings is 1. The minimum atomic E-state index is 0.802. The van der Waals surface area contributed by atoms with Crippen molar-refractivity contribution in [2.24, 2.45) is 0 Å². The van der Waals surface area contributed by atoms with Gasteiger partial charge in [-0.2, -0.15) is 0 Å². The van der Waals surface area contributed by atoms with E-state index in [1.807, 2.05) is 11.3 Å². The first-order valence-electron chi connectivity index (χ1n) is 6.43. The molecular weight excluding hydrogens is 272 g/mol. The van der Waals surface area contributed by atoms with Gasteiger partial charge < -0.3 is 9.55 Å². The van der Waals surface area contributed by atoms with Crippen LogP contribution in [0, 0.1) is 11.7 Å². The zero-order chi connectivity index (χ0) is 13.4. The van der Waals surface area contributed by atoms with Crippen LogP contribution >= 0.6 is 23.6 Å².